The Morgan fingerprint density at radius 1 is 1.07 bits per heavy atom. The number of amides is 1. The SMILES string of the molecule is CC(OC(=O)c1cccc(NS(C)(=O)=O)c1)C(=O)Nc1ccccc1OC(F)F. The molecular weight excluding hydrogens is 410 g/mol. The van der Waals surface area contributed by atoms with Crippen LogP contribution in [-0.4, -0.2) is 39.3 Å². The molecular formula is C18H18F2N2O6S. The summed E-state index contributed by atoms with van der Waals surface area (Å²) in [6, 6.07) is 11.1. The zero-order chi connectivity index (χ0) is 21.6. The molecule has 2 aromatic carbocycles. The number of rotatable bonds is 8. The number of anilines is 2. The summed E-state index contributed by atoms with van der Waals surface area (Å²) < 4.78 is 59.0. The molecule has 0 bridgehead atoms. The Bertz CT molecular complexity index is 997. The molecule has 8 nitrogen and oxygen atoms in total. The lowest BCUT2D eigenvalue weighted by atomic mass is 10.2. The van der Waals surface area contributed by atoms with Gasteiger partial charge in [-0.05, 0) is 37.3 Å². The fraction of sp³-hybridized carbons (Fsp3) is 0.222. The lowest BCUT2D eigenvalue weighted by Gasteiger charge is -2.16. The first-order chi connectivity index (χ1) is 13.5. The fourth-order valence-corrected chi connectivity index (χ4v) is 2.76. The van der Waals surface area contributed by atoms with Gasteiger partial charge in [-0.15, -0.1) is 0 Å². The Kier molecular flexibility index (Phi) is 7.10. The first-order valence-corrected chi connectivity index (χ1v) is 10.1. The molecule has 2 aromatic rings. The standard InChI is InChI=1S/C18H18F2N2O6S/c1-11(16(23)21-14-8-3-4-9-15(14)28-18(19)20)27-17(24)12-6-5-7-13(10-12)22-29(2,25)26/h3-11,18,22H,1-2H3,(H,21,23). The van der Waals surface area contributed by atoms with Gasteiger partial charge in [-0.2, -0.15) is 8.78 Å². The number of para-hydroxylation sites is 2. The Hall–Kier alpha value is -3.21. The first kappa shape index (κ1) is 22.1. The minimum atomic E-state index is -3.54. The molecule has 156 valence electrons. The lowest BCUT2D eigenvalue weighted by molar-refractivity contribution is -0.123. The van der Waals surface area contributed by atoms with Crippen LogP contribution in [0.4, 0.5) is 20.2 Å². The number of hydrogen-bond acceptors (Lipinski definition) is 6. The van der Waals surface area contributed by atoms with Crippen LogP contribution in [0, 0.1) is 0 Å². The van der Waals surface area contributed by atoms with Crippen molar-refractivity contribution in [2.24, 2.45) is 0 Å². The van der Waals surface area contributed by atoms with Crippen LogP contribution in [0.1, 0.15) is 17.3 Å². The van der Waals surface area contributed by atoms with Gasteiger partial charge in [0.2, 0.25) is 10.0 Å². The molecule has 2 rings (SSSR count). The van der Waals surface area contributed by atoms with Gasteiger partial charge in [0, 0.05) is 5.69 Å². The van der Waals surface area contributed by atoms with Gasteiger partial charge < -0.3 is 14.8 Å². The number of nitrogens with one attached hydrogen (secondary N) is 2. The van der Waals surface area contributed by atoms with Crippen LogP contribution in [0.5, 0.6) is 5.75 Å². The topological polar surface area (TPSA) is 111 Å². The molecule has 0 heterocycles. The van der Waals surface area contributed by atoms with Gasteiger partial charge in [-0.1, -0.05) is 18.2 Å². The lowest BCUT2D eigenvalue weighted by Crippen LogP contribution is -2.30. The van der Waals surface area contributed by atoms with Crippen LogP contribution >= 0.6 is 0 Å². The summed E-state index contributed by atoms with van der Waals surface area (Å²) in [5, 5.41) is 2.35. The van der Waals surface area contributed by atoms with Crippen LogP contribution in [-0.2, 0) is 19.6 Å². The molecule has 0 aliphatic rings. The number of benzene rings is 2. The van der Waals surface area contributed by atoms with Gasteiger partial charge in [0.05, 0.1) is 17.5 Å². The number of carbonyl (C=O) groups is 2. The molecule has 0 spiro atoms. The van der Waals surface area contributed by atoms with Crippen molar-refractivity contribution in [3.8, 4) is 5.75 Å². The van der Waals surface area contributed by atoms with E-state index in [1.165, 1.54) is 55.5 Å². The summed E-state index contributed by atoms with van der Waals surface area (Å²) in [6.45, 7) is -1.78. The van der Waals surface area contributed by atoms with E-state index < -0.39 is 34.6 Å². The number of esters is 1. The third kappa shape index (κ3) is 7.03. The third-order valence-corrected chi connectivity index (χ3v) is 4.02. The number of halogens is 2. The van der Waals surface area contributed by atoms with E-state index in [0.717, 1.165) is 6.26 Å². The smallest absolute Gasteiger partial charge is 0.387 e. The normalized spacial score (nSPS) is 12.2. The van der Waals surface area contributed by atoms with Crippen molar-refractivity contribution in [1.29, 1.82) is 0 Å². The average Bonchev–Trinajstić information content (AvgIpc) is 2.61. The molecule has 0 saturated carbocycles. The number of carbonyl (C=O) groups excluding carboxylic acids is 2. The fourth-order valence-electron chi connectivity index (χ4n) is 2.21. The maximum atomic E-state index is 12.4. The van der Waals surface area contributed by atoms with Crippen LogP contribution < -0.4 is 14.8 Å². The van der Waals surface area contributed by atoms with Crippen LogP contribution in [0.3, 0.4) is 0 Å². The quantitative estimate of drug-likeness (QED) is 0.626. The summed E-state index contributed by atoms with van der Waals surface area (Å²) in [4.78, 5) is 24.5. The van der Waals surface area contributed by atoms with Crippen molar-refractivity contribution >= 4 is 33.3 Å². The summed E-state index contributed by atoms with van der Waals surface area (Å²) in [6.07, 6.45) is -0.311. The van der Waals surface area contributed by atoms with E-state index in [1.807, 2.05) is 0 Å². The van der Waals surface area contributed by atoms with Crippen molar-refractivity contribution in [2.75, 3.05) is 16.3 Å². The van der Waals surface area contributed by atoms with Gasteiger partial charge in [-0.3, -0.25) is 9.52 Å². The zero-order valence-electron chi connectivity index (χ0n) is 15.4. The molecule has 1 atom stereocenters. The molecule has 0 fully saturated rings. The van der Waals surface area contributed by atoms with Crippen LogP contribution in [0.25, 0.3) is 0 Å². The van der Waals surface area contributed by atoms with E-state index in [2.05, 4.69) is 14.8 Å². The highest BCUT2D eigenvalue weighted by molar-refractivity contribution is 7.92. The van der Waals surface area contributed by atoms with E-state index in [4.69, 9.17) is 4.74 Å². The van der Waals surface area contributed by atoms with E-state index in [0.29, 0.717) is 0 Å². The zero-order valence-corrected chi connectivity index (χ0v) is 16.2. The molecule has 0 aliphatic carbocycles. The second kappa shape index (κ2) is 9.32. The van der Waals surface area contributed by atoms with Crippen LogP contribution in [0.15, 0.2) is 48.5 Å². The van der Waals surface area contributed by atoms with Crippen molar-refractivity contribution in [1.82, 2.24) is 0 Å². The van der Waals surface area contributed by atoms with E-state index in [9.17, 15) is 26.8 Å². The van der Waals surface area contributed by atoms with E-state index in [1.54, 1.807) is 0 Å². The van der Waals surface area contributed by atoms with Crippen molar-refractivity contribution in [2.45, 2.75) is 19.6 Å². The van der Waals surface area contributed by atoms with Crippen LogP contribution in [0.2, 0.25) is 0 Å². The Labute approximate surface area is 165 Å². The molecule has 1 amide bonds. The van der Waals surface area contributed by atoms with Gasteiger partial charge in [0.15, 0.2) is 6.10 Å². The highest BCUT2D eigenvalue weighted by Crippen LogP contribution is 2.25. The molecule has 0 aliphatic heterocycles. The molecule has 11 heteroatoms. The van der Waals surface area contributed by atoms with E-state index in [-0.39, 0.29) is 22.7 Å². The van der Waals surface area contributed by atoms with Crippen molar-refractivity contribution < 1.29 is 36.3 Å². The average molecular weight is 428 g/mol. The highest BCUT2D eigenvalue weighted by Gasteiger charge is 2.21. The van der Waals surface area contributed by atoms with Gasteiger partial charge in [0.25, 0.3) is 5.91 Å². The van der Waals surface area contributed by atoms with Gasteiger partial charge in [0.1, 0.15) is 5.75 Å². The summed E-state index contributed by atoms with van der Waals surface area (Å²) in [7, 11) is -3.54. The molecule has 0 saturated heterocycles. The monoisotopic (exact) mass is 428 g/mol. The maximum absolute atomic E-state index is 12.4. The minimum Gasteiger partial charge on any atom is -0.449 e. The van der Waals surface area contributed by atoms with Gasteiger partial charge >= 0.3 is 12.6 Å². The Morgan fingerprint density at radius 3 is 2.41 bits per heavy atom. The summed E-state index contributed by atoms with van der Waals surface area (Å²) >= 11 is 0. The number of alkyl halides is 2. The third-order valence-electron chi connectivity index (χ3n) is 3.42. The molecule has 2 N–H and O–H groups in total. The summed E-state index contributed by atoms with van der Waals surface area (Å²) in [5.74, 6) is -1.88. The first-order valence-electron chi connectivity index (χ1n) is 8.18. The predicted octanol–water partition coefficient (Wildman–Crippen LogP) is 2.84. The second-order valence-corrected chi connectivity index (χ2v) is 7.61. The number of hydrogen-bond donors (Lipinski definition) is 2. The molecule has 0 radical (unpaired) electrons. The number of ether oxygens (including phenoxy) is 2. The summed E-state index contributed by atoms with van der Waals surface area (Å²) in [5.41, 5.74) is 0.150. The number of sulfonamides is 1. The minimum absolute atomic E-state index is 0.0136. The van der Waals surface area contributed by atoms with Crippen molar-refractivity contribution in [3.63, 3.8) is 0 Å². The largest absolute Gasteiger partial charge is 0.449 e. The highest BCUT2D eigenvalue weighted by atomic mass is 32.2. The molecule has 1 unspecified atom stereocenters. The van der Waals surface area contributed by atoms with Gasteiger partial charge in [-0.25, -0.2) is 13.2 Å². The van der Waals surface area contributed by atoms with E-state index >= 15 is 0 Å². The molecule has 0 aromatic heterocycles. The second-order valence-electron chi connectivity index (χ2n) is 5.87. The maximum Gasteiger partial charge on any atom is 0.387 e. The Morgan fingerprint density at radius 2 is 1.76 bits per heavy atom. The Balaban J connectivity index is 2.05. The predicted molar refractivity (Wildman–Crippen MR) is 101 cm³/mol. The molecule has 29 heavy (non-hydrogen) atoms. The van der Waals surface area contributed by atoms with Crippen molar-refractivity contribution in [3.05, 3.63) is 54.1 Å².